The normalized spacial score (nSPS) is 21.0. The quantitative estimate of drug-likeness (QED) is 0.691. The van der Waals surface area contributed by atoms with Crippen molar-refractivity contribution in [3.05, 3.63) is 0 Å². The number of ether oxygens (including phenoxy) is 1. The van der Waals surface area contributed by atoms with Crippen molar-refractivity contribution in [2.75, 3.05) is 33.0 Å². The molecule has 1 saturated heterocycles. The fourth-order valence-electron chi connectivity index (χ4n) is 1.53. The fraction of sp³-hybridized carbons (Fsp3) is 0.889. The summed E-state index contributed by atoms with van der Waals surface area (Å²) in [6.07, 6.45) is 2.41. The zero-order valence-corrected chi connectivity index (χ0v) is 10.4. The number of nitrogens with zero attached hydrogens (tertiary/aromatic N) is 1. The summed E-state index contributed by atoms with van der Waals surface area (Å²) in [6, 6.07) is 0. The van der Waals surface area contributed by atoms with Crippen molar-refractivity contribution < 1.29 is 17.9 Å². The van der Waals surface area contributed by atoms with Crippen molar-refractivity contribution in [3.8, 4) is 0 Å². The SMILES string of the molecule is CN(CCNS(C)(=O)=O)C(=O)[C@H]1CCCO1. The first-order chi connectivity index (χ1) is 7.40. The van der Waals surface area contributed by atoms with Crippen LogP contribution in [0.1, 0.15) is 12.8 Å². The maximum Gasteiger partial charge on any atom is 0.251 e. The summed E-state index contributed by atoms with van der Waals surface area (Å²) >= 11 is 0. The monoisotopic (exact) mass is 250 g/mol. The van der Waals surface area contributed by atoms with Gasteiger partial charge in [-0.1, -0.05) is 0 Å². The van der Waals surface area contributed by atoms with E-state index in [1.54, 1.807) is 7.05 Å². The lowest BCUT2D eigenvalue weighted by Crippen LogP contribution is -2.40. The lowest BCUT2D eigenvalue weighted by atomic mass is 10.2. The molecular formula is C9H18N2O4S. The van der Waals surface area contributed by atoms with Crippen molar-refractivity contribution in [3.63, 3.8) is 0 Å². The summed E-state index contributed by atoms with van der Waals surface area (Å²) in [4.78, 5) is 13.2. The molecule has 0 aromatic carbocycles. The molecule has 0 spiro atoms. The molecule has 1 atom stereocenters. The van der Waals surface area contributed by atoms with Crippen LogP contribution in [0, 0.1) is 0 Å². The molecule has 0 radical (unpaired) electrons. The van der Waals surface area contributed by atoms with E-state index in [1.807, 2.05) is 0 Å². The van der Waals surface area contributed by atoms with Crippen molar-refractivity contribution in [2.24, 2.45) is 0 Å². The van der Waals surface area contributed by atoms with Crippen molar-refractivity contribution >= 4 is 15.9 Å². The summed E-state index contributed by atoms with van der Waals surface area (Å²) < 4.78 is 29.2. The first-order valence-electron chi connectivity index (χ1n) is 5.21. The average molecular weight is 250 g/mol. The molecule has 0 bridgehead atoms. The standard InChI is InChI=1S/C9H18N2O4S/c1-11(6-5-10-16(2,13)14)9(12)8-4-3-7-15-8/h8,10H,3-7H2,1-2H3/t8-/m1/s1. The highest BCUT2D eigenvalue weighted by molar-refractivity contribution is 7.88. The van der Waals surface area contributed by atoms with Gasteiger partial charge in [0.2, 0.25) is 10.0 Å². The number of nitrogens with one attached hydrogen (secondary N) is 1. The van der Waals surface area contributed by atoms with Crippen LogP contribution < -0.4 is 4.72 Å². The van der Waals surface area contributed by atoms with Gasteiger partial charge in [-0.15, -0.1) is 0 Å². The number of rotatable bonds is 5. The third-order valence-electron chi connectivity index (χ3n) is 2.39. The van der Waals surface area contributed by atoms with E-state index < -0.39 is 10.0 Å². The van der Waals surface area contributed by atoms with Crippen LogP contribution in [0.2, 0.25) is 0 Å². The minimum absolute atomic E-state index is 0.0761. The molecule has 0 unspecified atom stereocenters. The van der Waals surface area contributed by atoms with Gasteiger partial charge in [0, 0.05) is 26.7 Å². The molecule has 1 aliphatic heterocycles. The van der Waals surface area contributed by atoms with Gasteiger partial charge >= 0.3 is 0 Å². The largest absolute Gasteiger partial charge is 0.368 e. The predicted molar refractivity (Wildman–Crippen MR) is 59.5 cm³/mol. The van der Waals surface area contributed by atoms with Gasteiger partial charge in [0.15, 0.2) is 0 Å². The van der Waals surface area contributed by atoms with Gasteiger partial charge in [-0.25, -0.2) is 13.1 Å². The minimum Gasteiger partial charge on any atom is -0.368 e. The van der Waals surface area contributed by atoms with E-state index in [9.17, 15) is 13.2 Å². The first kappa shape index (κ1) is 13.4. The van der Waals surface area contributed by atoms with Gasteiger partial charge in [-0.05, 0) is 12.8 Å². The van der Waals surface area contributed by atoms with E-state index in [-0.39, 0.29) is 18.6 Å². The summed E-state index contributed by atoms with van der Waals surface area (Å²) in [6.45, 7) is 1.21. The zero-order valence-electron chi connectivity index (χ0n) is 9.60. The lowest BCUT2D eigenvalue weighted by Gasteiger charge is -2.20. The van der Waals surface area contributed by atoms with Gasteiger partial charge < -0.3 is 9.64 Å². The Bertz CT molecular complexity index is 335. The van der Waals surface area contributed by atoms with E-state index in [0.29, 0.717) is 13.2 Å². The Morgan fingerprint density at radius 3 is 2.75 bits per heavy atom. The third-order valence-corrected chi connectivity index (χ3v) is 3.12. The number of hydrogen-bond donors (Lipinski definition) is 1. The second-order valence-corrected chi connectivity index (χ2v) is 5.76. The topological polar surface area (TPSA) is 75.7 Å². The molecule has 0 aliphatic carbocycles. The van der Waals surface area contributed by atoms with Gasteiger partial charge in [-0.2, -0.15) is 0 Å². The number of hydrogen-bond acceptors (Lipinski definition) is 4. The van der Waals surface area contributed by atoms with E-state index >= 15 is 0 Å². The van der Waals surface area contributed by atoms with Crippen LogP contribution in [-0.2, 0) is 19.6 Å². The lowest BCUT2D eigenvalue weighted by molar-refractivity contribution is -0.139. The van der Waals surface area contributed by atoms with E-state index in [4.69, 9.17) is 4.74 Å². The maximum atomic E-state index is 11.7. The Morgan fingerprint density at radius 1 is 1.56 bits per heavy atom. The second-order valence-electron chi connectivity index (χ2n) is 3.93. The van der Waals surface area contributed by atoms with E-state index in [2.05, 4.69) is 4.72 Å². The van der Waals surface area contributed by atoms with Crippen LogP contribution >= 0.6 is 0 Å². The molecule has 6 nitrogen and oxygen atoms in total. The Hall–Kier alpha value is -0.660. The highest BCUT2D eigenvalue weighted by Gasteiger charge is 2.26. The van der Waals surface area contributed by atoms with Crippen molar-refractivity contribution in [1.29, 1.82) is 0 Å². The Kier molecular flexibility index (Phi) is 4.69. The molecule has 94 valence electrons. The molecule has 1 fully saturated rings. The summed E-state index contributed by atoms with van der Waals surface area (Å²) in [7, 11) is -1.54. The van der Waals surface area contributed by atoms with Gasteiger partial charge in [0.1, 0.15) is 6.10 Å². The molecule has 1 N–H and O–H groups in total. The molecule has 1 rings (SSSR count). The Morgan fingerprint density at radius 2 is 2.25 bits per heavy atom. The Balaban J connectivity index is 2.28. The molecule has 7 heteroatoms. The van der Waals surface area contributed by atoms with Crippen molar-refractivity contribution in [1.82, 2.24) is 9.62 Å². The van der Waals surface area contributed by atoms with E-state index in [0.717, 1.165) is 19.1 Å². The number of sulfonamides is 1. The number of likely N-dealkylation sites (N-methyl/N-ethyl adjacent to an activating group) is 1. The smallest absolute Gasteiger partial charge is 0.251 e. The van der Waals surface area contributed by atoms with Gasteiger partial charge in [0.05, 0.1) is 6.26 Å². The van der Waals surface area contributed by atoms with Crippen LogP contribution in [0.4, 0.5) is 0 Å². The minimum atomic E-state index is -3.18. The van der Waals surface area contributed by atoms with Gasteiger partial charge in [0.25, 0.3) is 5.91 Å². The van der Waals surface area contributed by atoms with Crippen molar-refractivity contribution in [2.45, 2.75) is 18.9 Å². The highest BCUT2D eigenvalue weighted by atomic mass is 32.2. The second kappa shape index (κ2) is 5.60. The van der Waals surface area contributed by atoms with Crippen LogP contribution in [0.5, 0.6) is 0 Å². The number of carbonyl (C=O) groups is 1. The van der Waals surface area contributed by atoms with Gasteiger partial charge in [-0.3, -0.25) is 4.79 Å². The molecule has 1 heterocycles. The molecular weight excluding hydrogens is 232 g/mol. The first-order valence-corrected chi connectivity index (χ1v) is 7.10. The summed E-state index contributed by atoms with van der Waals surface area (Å²) in [5.41, 5.74) is 0. The molecule has 16 heavy (non-hydrogen) atoms. The third kappa shape index (κ3) is 4.46. The molecule has 0 aromatic heterocycles. The highest BCUT2D eigenvalue weighted by Crippen LogP contribution is 2.13. The van der Waals surface area contributed by atoms with E-state index in [1.165, 1.54) is 4.90 Å². The van der Waals surface area contributed by atoms with Crippen LogP contribution in [0.15, 0.2) is 0 Å². The van der Waals surface area contributed by atoms with Crippen LogP contribution in [-0.4, -0.2) is 58.3 Å². The summed E-state index contributed by atoms with van der Waals surface area (Å²) in [5.74, 6) is -0.0761. The Labute approximate surface area is 96.0 Å². The fourth-order valence-corrected chi connectivity index (χ4v) is 1.99. The molecule has 0 aromatic rings. The molecule has 0 saturated carbocycles. The van der Waals surface area contributed by atoms with Crippen LogP contribution in [0.3, 0.4) is 0 Å². The van der Waals surface area contributed by atoms with Crippen LogP contribution in [0.25, 0.3) is 0 Å². The number of carbonyl (C=O) groups excluding carboxylic acids is 1. The zero-order chi connectivity index (χ0) is 12.2. The predicted octanol–water partition coefficient (Wildman–Crippen LogP) is -0.827. The average Bonchev–Trinajstić information content (AvgIpc) is 2.67. The molecule has 1 aliphatic rings. The maximum absolute atomic E-state index is 11.7. The molecule has 1 amide bonds. The number of amides is 1. The summed E-state index contributed by atoms with van der Waals surface area (Å²) in [5, 5.41) is 0.